The van der Waals surface area contributed by atoms with E-state index >= 15 is 0 Å². The van der Waals surface area contributed by atoms with Crippen molar-refractivity contribution in [3.63, 3.8) is 0 Å². The summed E-state index contributed by atoms with van der Waals surface area (Å²) in [5, 5.41) is 3.60. The molecule has 2 aromatic rings. The molecule has 0 spiro atoms. The number of hydrogen-bond acceptors (Lipinski definition) is 4. The number of thiophene rings is 1. The van der Waals surface area contributed by atoms with Crippen LogP contribution < -0.4 is 5.32 Å². The van der Waals surface area contributed by atoms with E-state index in [1.807, 2.05) is 0 Å². The molecule has 1 atom stereocenters. The third kappa shape index (κ3) is 2.42. The van der Waals surface area contributed by atoms with Crippen LogP contribution in [0.2, 0.25) is 0 Å². The van der Waals surface area contributed by atoms with E-state index in [0.29, 0.717) is 11.6 Å². The number of nitrogens with one attached hydrogen (secondary N) is 1. The number of amides is 1. The highest BCUT2D eigenvalue weighted by Crippen LogP contribution is 2.28. The molecule has 4 nitrogen and oxygen atoms in total. The van der Waals surface area contributed by atoms with Crippen LogP contribution in [0.1, 0.15) is 23.3 Å². The molecule has 0 aromatic carbocycles. The maximum absolute atomic E-state index is 13.2. The lowest BCUT2D eigenvalue weighted by atomic mass is 9.84. The fourth-order valence-corrected chi connectivity index (χ4v) is 4.19. The number of carbonyl (C=O) groups excluding carboxylic acids is 1. The van der Waals surface area contributed by atoms with Gasteiger partial charge in [-0.25, -0.2) is 0 Å². The number of fused-ring (bicyclic) bond motifs is 4. The summed E-state index contributed by atoms with van der Waals surface area (Å²) in [6.07, 6.45) is 3.89. The molecule has 6 heteroatoms. The van der Waals surface area contributed by atoms with Gasteiger partial charge in [-0.2, -0.15) is 4.39 Å². The minimum absolute atomic E-state index is 0.149. The van der Waals surface area contributed by atoms with Crippen molar-refractivity contribution in [2.75, 3.05) is 19.6 Å². The fraction of sp³-hybridized carbons (Fsp3) is 0.467. The van der Waals surface area contributed by atoms with Gasteiger partial charge in [0.1, 0.15) is 5.69 Å². The standard InChI is InChI=1S/C15H16FN3OS/c16-14-5-10-7-17-11(6-13(10)21-14)15(20)18-12-8-19-3-1-9(12)2-4-19/h5-7,9,12H,1-4,8H2,(H,18,20)/t12-/m0/s1. The first-order valence-electron chi connectivity index (χ1n) is 7.27. The largest absolute Gasteiger partial charge is 0.346 e. The maximum atomic E-state index is 13.2. The summed E-state index contributed by atoms with van der Waals surface area (Å²) in [6.45, 7) is 3.23. The molecule has 2 bridgehead atoms. The molecule has 5 heterocycles. The second-order valence-corrected chi connectivity index (χ2v) is 6.91. The molecule has 21 heavy (non-hydrogen) atoms. The van der Waals surface area contributed by atoms with Gasteiger partial charge in [0.25, 0.3) is 5.91 Å². The zero-order chi connectivity index (χ0) is 14.4. The number of nitrogens with zero attached hydrogens (tertiary/aromatic N) is 2. The molecule has 3 aliphatic rings. The molecule has 0 saturated carbocycles. The summed E-state index contributed by atoms with van der Waals surface area (Å²) in [5.74, 6) is 0.436. The van der Waals surface area contributed by atoms with E-state index in [2.05, 4.69) is 15.2 Å². The van der Waals surface area contributed by atoms with Crippen LogP contribution in [-0.2, 0) is 0 Å². The number of piperidine rings is 3. The Labute approximate surface area is 126 Å². The molecule has 3 fully saturated rings. The molecular formula is C15H16FN3OS. The summed E-state index contributed by atoms with van der Waals surface area (Å²) >= 11 is 1.05. The van der Waals surface area contributed by atoms with Crippen molar-refractivity contribution < 1.29 is 9.18 Å². The molecule has 0 unspecified atom stereocenters. The Kier molecular flexibility index (Phi) is 3.15. The quantitative estimate of drug-likeness (QED) is 0.925. The van der Waals surface area contributed by atoms with Crippen LogP contribution in [0.3, 0.4) is 0 Å². The zero-order valence-corrected chi connectivity index (χ0v) is 12.3. The maximum Gasteiger partial charge on any atom is 0.270 e. The van der Waals surface area contributed by atoms with Gasteiger partial charge >= 0.3 is 0 Å². The van der Waals surface area contributed by atoms with Crippen LogP contribution in [0, 0.1) is 11.0 Å². The van der Waals surface area contributed by atoms with Gasteiger partial charge in [0.2, 0.25) is 0 Å². The second kappa shape index (κ2) is 5.03. The first-order valence-corrected chi connectivity index (χ1v) is 8.09. The number of pyridine rings is 1. The van der Waals surface area contributed by atoms with Crippen molar-refractivity contribution in [1.82, 2.24) is 15.2 Å². The minimum atomic E-state index is -0.248. The SMILES string of the molecule is O=C(N[C@H]1CN2CCC1CC2)c1cc2sc(F)cc2cn1. The molecular weight excluding hydrogens is 289 g/mol. The van der Waals surface area contributed by atoms with E-state index in [0.717, 1.165) is 53.9 Å². The third-order valence-electron chi connectivity index (χ3n) is 4.58. The molecule has 0 aliphatic carbocycles. The first kappa shape index (κ1) is 13.2. The Hall–Kier alpha value is -1.53. The predicted molar refractivity (Wildman–Crippen MR) is 80.0 cm³/mol. The average Bonchev–Trinajstić information content (AvgIpc) is 2.87. The normalized spacial score (nSPS) is 28.0. The highest BCUT2D eigenvalue weighted by atomic mass is 32.1. The lowest BCUT2D eigenvalue weighted by Crippen LogP contribution is -2.57. The number of hydrogen-bond donors (Lipinski definition) is 1. The highest BCUT2D eigenvalue weighted by Gasteiger charge is 2.35. The topological polar surface area (TPSA) is 45.2 Å². The molecule has 1 N–H and O–H groups in total. The lowest BCUT2D eigenvalue weighted by molar-refractivity contribution is 0.0618. The van der Waals surface area contributed by atoms with E-state index in [4.69, 9.17) is 0 Å². The monoisotopic (exact) mass is 305 g/mol. The minimum Gasteiger partial charge on any atom is -0.346 e. The van der Waals surface area contributed by atoms with E-state index in [1.54, 1.807) is 12.3 Å². The average molecular weight is 305 g/mol. The van der Waals surface area contributed by atoms with Gasteiger partial charge in [0, 0.05) is 28.9 Å². The van der Waals surface area contributed by atoms with Crippen molar-refractivity contribution in [2.24, 2.45) is 5.92 Å². The van der Waals surface area contributed by atoms with Gasteiger partial charge < -0.3 is 10.2 Å². The number of aromatic nitrogens is 1. The Morgan fingerprint density at radius 2 is 2.19 bits per heavy atom. The first-order chi connectivity index (χ1) is 10.2. The van der Waals surface area contributed by atoms with Crippen molar-refractivity contribution in [2.45, 2.75) is 18.9 Å². The van der Waals surface area contributed by atoms with Gasteiger partial charge in [-0.1, -0.05) is 0 Å². The second-order valence-electron chi connectivity index (χ2n) is 5.88. The highest BCUT2D eigenvalue weighted by molar-refractivity contribution is 7.17. The lowest BCUT2D eigenvalue weighted by Gasteiger charge is -2.44. The van der Waals surface area contributed by atoms with Crippen molar-refractivity contribution in [3.8, 4) is 0 Å². The molecule has 3 saturated heterocycles. The molecule has 110 valence electrons. The Morgan fingerprint density at radius 3 is 2.90 bits per heavy atom. The Bertz CT molecular complexity index is 693. The Balaban J connectivity index is 1.53. The Morgan fingerprint density at radius 1 is 1.38 bits per heavy atom. The molecule has 5 rings (SSSR count). The molecule has 0 radical (unpaired) electrons. The smallest absolute Gasteiger partial charge is 0.270 e. The van der Waals surface area contributed by atoms with Gasteiger partial charge in [-0.15, -0.1) is 11.3 Å². The fourth-order valence-electron chi connectivity index (χ4n) is 3.40. The van der Waals surface area contributed by atoms with Gasteiger partial charge in [0.15, 0.2) is 5.13 Å². The van der Waals surface area contributed by atoms with Crippen LogP contribution in [0.25, 0.3) is 10.1 Å². The van der Waals surface area contributed by atoms with Crippen molar-refractivity contribution >= 4 is 27.3 Å². The van der Waals surface area contributed by atoms with E-state index < -0.39 is 0 Å². The van der Waals surface area contributed by atoms with E-state index in [1.165, 1.54) is 6.07 Å². The summed E-state index contributed by atoms with van der Waals surface area (Å²) in [7, 11) is 0. The van der Waals surface area contributed by atoms with Crippen LogP contribution in [-0.4, -0.2) is 41.5 Å². The number of halogens is 1. The summed E-state index contributed by atoms with van der Waals surface area (Å²) in [6, 6.07) is 3.35. The summed E-state index contributed by atoms with van der Waals surface area (Å²) in [4.78, 5) is 18.9. The third-order valence-corrected chi connectivity index (χ3v) is 5.46. The van der Waals surface area contributed by atoms with Crippen molar-refractivity contribution in [1.29, 1.82) is 0 Å². The van der Waals surface area contributed by atoms with Crippen molar-refractivity contribution in [3.05, 3.63) is 29.2 Å². The summed E-state index contributed by atoms with van der Waals surface area (Å²) in [5.41, 5.74) is 0.376. The van der Waals surface area contributed by atoms with E-state index in [-0.39, 0.29) is 17.1 Å². The predicted octanol–water partition coefficient (Wildman–Crippen LogP) is 2.26. The van der Waals surface area contributed by atoms with Crippen LogP contribution in [0.4, 0.5) is 4.39 Å². The van der Waals surface area contributed by atoms with Crippen LogP contribution >= 0.6 is 11.3 Å². The number of rotatable bonds is 2. The van der Waals surface area contributed by atoms with Gasteiger partial charge in [-0.3, -0.25) is 9.78 Å². The molecule has 1 amide bonds. The molecule has 3 aliphatic heterocycles. The van der Waals surface area contributed by atoms with Gasteiger partial charge in [-0.05, 0) is 44.0 Å². The summed E-state index contributed by atoms with van der Waals surface area (Å²) < 4.78 is 14.0. The van der Waals surface area contributed by atoms with E-state index in [9.17, 15) is 9.18 Å². The van der Waals surface area contributed by atoms with Gasteiger partial charge in [0.05, 0.1) is 0 Å². The number of carbonyl (C=O) groups is 1. The van der Waals surface area contributed by atoms with Crippen LogP contribution in [0.5, 0.6) is 0 Å². The molecule has 2 aromatic heterocycles. The van der Waals surface area contributed by atoms with Crippen LogP contribution in [0.15, 0.2) is 18.3 Å². The zero-order valence-electron chi connectivity index (χ0n) is 11.5.